The van der Waals surface area contributed by atoms with Crippen LogP contribution in [0.1, 0.15) is 88.0 Å². The zero-order valence-electron chi connectivity index (χ0n) is 41.2. The third-order valence-corrected chi connectivity index (χ3v) is 11.9. The van der Waals surface area contributed by atoms with Crippen molar-refractivity contribution < 1.29 is 71.3 Å². The number of carbonyl (C=O) groups excluding carboxylic acids is 5. The number of rotatable bonds is 32. The lowest BCUT2D eigenvalue weighted by atomic mass is 9.84. The highest BCUT2D eigenvalue weighted by molar-refractivity contribution is 6.30. The van der Waals surface area contributed by atoms with E-state index in [1.54, 1.807) is 6.07 Å². The van der Waals surface area contributed by atoms with Gasteiger partial charge in [-0.15, -0.1) is 0 Å². The van der Waals surface area contributed by atoms with Crippen molar-refractivity contribution in [2.75, 3.05) is 86.9 Å². The van der Waals surface area contributed by atoms with E-state index in [0.717, 1.165) is 36.8 Å². The number of methoxy groups -OCH3 is 2. The molecule has 15 nitrogen and oxygen atoms in total. The third-order valence-electron chi connectivity index (χ3n) is 11.9. The summed E-state index contributed by atoms with van der Waals surface area (Å²) in [6.07, 6.45) is 11.6. The van der Waals surface area contributed by atoms with E-state index in [0.29, 0.717) is 31.1 Å². The average Bonchev–Trinajstić information content (AvgIpc) is 3.35. The Morgan fingerprint density at radius 2 is 1.09 bits per heavy atom. The van der Waals surface area contributed by atoms with Gasteiger partial charge in [0.25, 0.3) is 0 Å². The molecule has 0 saturated carbocycles. The number of hydrogen-bond donors (Lipinski definition) is 0. The molecule has 1 saturated heterocycles. The lowest BCUT2D eigenvalue weighted by Gasteiger charge is -2.40. The van der Waals surface area contributed by atoms with E-state index in [2.05, 4.69) is 69.0 Å². The molecule has 1 aliphatic heterocycles. The molecule has 0 N–H and O–H groups in total. The first kappa shape index (κ1) is 56.0. The smallest absolute Gasteiger partial charge is 0.417 e. The Balaban J connectivity index is 1.56. The van der Waals surface area contributed by atoms with E-state index in [1.165, 1.54) is 76.4 Å². The topological polar surface area (TPSA) is 178 Å². The molecule has 4 rings (SSSR count). The van der Waals surface area contributed by atoms with Crippen LogP contribution in [0, 0.1) is 10.8 Å². The van der Waals surface area contributed by atoms with Gasteiger partial charge in [-0.05, 0) is 79.0 Å². The van der Waals surface area contributed by atoms with Crippen LogP contribution in [0.15, 0.2) is 78.9 Å². The summed E-state index contributed by atoms with van der Waals surface area (Å²) in [5.74, 6) is -5.84. The maximum Gasteiger partial charge on any atom is 0.417 e. The largest absolute Gasteiger partial charge is 0.492 e. The van der Waals surface area contributed by atoms with Gasteiger partial charge in [-0.3, -0.25) is 0 Å². The summed E-state index contributed by atoms with van der Waals surface area (Å²) in [6.45, 7) is 8.40. The Morgan fingerprint density at radius 1 is 0.594 bits per heavy atom. The van der Waals surface area contributed by atoms with Gasteiger partial charge < -0.3 is 47.4 Å². The Morgan fingerprint density at radius 3 is 1.59 bits per heavy atom. The highest BCUT2D eigenvalue weighted by atomic mass is 16.6. The minimum absolute atomic E-state index is 0.0300. The Bertz CT molecular complexity index is 2030. The van der Waals surface area contributed by atoms with Crippen LogP contribution in [0.3, 0.4) is 0 Å². The van der Waals surface area contributed by atoms with Crippen LogP contribution in [-0.2, 0) is 92.5 Å². The Hall–Kier alpha value is -5.61. The second kappa shape index (κ2) is 30.1. The van der Waals surface area contributed by atoms with Crippen molar-refractivity contribution >= 4 is 29.8 Å². The number of ether oxygens (including phenoxy) is 10. The molecule has 69 heavy (non-hydrogen) atoms. The number of aryl methyl sites for hydroxylation is 3. The molecule has 0 radical (unpaired) electrons. The first-order valence-corrected chi connectivity index (χ1v) is 23.9. The predicted octanol–water partition coefficient (Wildman–Crippen LogP) is 7.94. The summed E-state index contributed by atoms with van der Waals surface area (Å²) in [5, 5.41) is 0. The summed E-state index contributed by atoms with van der Waals surface area (Å²) < 4.78 is 54.1. The number of carbonyl (C=O) groups is 5. The van der Waals surface area contributed by atoms with Crippen LogP contribution in [-0.4, -0.2) is 117 Å². The van der Waals surface area contributed by atoms with Crippen molar-refractivity contribution in [3.63, 3.8) is 0 Å². The SMILES string of the molecule is C=C(C)C(=O)OCC(COC(=O)C(=O)OCCOC)(COC(=O)C(=O)OCCOC)COc1ccc(-c2ccc(CCc3ccc(CCCCCCCC)cc3)cc2)cc1COCC1(CC)COC1. The van der Waals surface area contributed by atoms with Gasteiger partial charge in [0.05, 0.1) is 39.6 Å². The van der Waals surface area contributed by atoms with E-state index in [9.17, 15) is 24.0 Å². The molecule has 15 heteroatoms. The lowest BCUT2D eigenvalue weighted by molar-refractivity contribution is -0.179. The number of unbranched alkanes of at least 4 members (excludes halogenated alkanes) is 5. The fraction of sp³-hybridized carbons (Fsp3) is 0.537. The molecule has 1 aliphatic rings. The highest BCUT2D eigenvalue weighted by Crippen LogP contribution is 2.34. The fourth-order valence-corrected chi connectivity index (χ4v) is 7.24. The van der Waals surface area contributed by atoms with Gasteiger partial charge in [-0.1, -0.05) is 107 Å². The van der Waals surface area contributed by atoms with Crippen LogP contribution in [0.25, 0.3) is 11.1 Å². The van der Waals surface area contributed by atoms with Gasteiger partial charge in [0.15, 0.2) is 0 Å². The normalized spacial score (nSPS) is 12.9. The Kier molecular flexibility index (Phi) is 24.4. The molecule has 0 aliphatic carbocycles. The Labute approximate surface area is 407 Å². The van der Waals surface area contributed by atoms with Gasteiger partial charge in [-0.2, -0.15) is 0 Å². The minimum Gasteiger partial charge on any atom is -0.492 e. The van der Waals surface area contributed by atoms with Gasteiger partial charge in [-0.25, -0.2) is 24.0 Å². The predicted molar refractivity (Wildman–Crippen MR) is 257 cm³/mol. The van der Waals surface area contributed by atoms with Gasteiger partial charge in [0, 0.05) is 30.8 Å². The molecule has 0 atom stereocenters. The summed E-state index contributed by atoms with van der Waals surface area (Å²) in [4.78, 5) is 63.4. The molecular weight excluding hydrogens is 889 g/mol. The summed E-state index contributed by atoms with van der Waals surface area (Å²) in [7, 11) is 2.79. The summed E-state index contributed by atoms with van der Waals surface area (Å²) in [6, 6.07) is 23.1. The van der Waals surface area contributed by atoms with Crippen LogP contribution in [0.4, 0.5) is 0 Å². The van der Waals surface area contributed by atoms with Crippen LogP contribution in [0.5, 0.6) is 5.75 Å². The van der Waals surface area contributed by atoms with Gasteiger partial charge in [0.2, 0.25) is 0 Å². The maximum atomic E-state index is 12.9. The van der Waals surface area contributed by atoms with Crippen molar-refractivity contribution in [3.8, 4) is 16.9 Å². The second-order valence-electron chi connectivity index (χ2n) is 17.7. The summed E-state index contributed by atoms with van der Waals surface area (Å²) >= 11 is 0. The number of hydrogen-bond acceptors (Lipinski definition) is 15. The van der Waals surface area contributed by atoms with E-state index in [1.807, 2.05) is 12.1 Å². The third kappa shape index (κ3) is 19.4. The molecule has 0 unspecified atom stereocenters. The zero-order valence-corrected chi connectivity index (χ0v) is 41.2. The van der Waals surface area contributed by atoms with E-state index in [-0.39, 0.29) is 44.0 Å². The van der Waals surface area contributed by atoms with Crippen molar-refractivity contribution in [2.24, 2.45) is 10.8 Å². The minimum atomic E-state index is -1.70. The molecule has 0 amide bonds. The van der Waals surface area contributed by atoms with Crippen molar-refractivity contribution in [3.05, 3.63) is 101 Å². The molecule has 1 fully saturated rings. The number of benzene rings is 3. The van der Waals surface area contributed by atoms with E-state index in [4.69, 9.17) is 47.4 Å². The quantitative estimate of drug-likeness (QED) is 0.0194. The maximum absolute atomic E-state index is 12.9. The monoisotopic (exact) mass is 960 g/mol. The van der Waals surface area contributed by atoms with Crippen LogP contribution >= 0.6 is 0 Å². The molecule has 0 spiro atoms. The van der Waals surface area contributed by atoms with E-state index >= 15 is 0 Å². The van der Waals surface area contributed by atoms with Gasteiger partial charge in [0.1, 0.15) is 50.8 Å². The molecule has 0 bridgehead atoms. The highest BCUT2D eigenvalue weighted by Gasteiger charge is 2.40. The van der Waals surface area contributed by atoms with Crippen molar-refractivity contribution in [1.29, 1.82) is 0 Å². The first-order valence-electron chi connectivity index (χ1n) is 23.9. The molecule has 378 valence electrons. The molecule has 3 aromatic rings. The molecule has 0 aromatic heterocycles. The van der Waals surface area contributed by atoms with Crippen molar-refractivity contribution in [2.45, 2.75) is 91.6 Å². The molecular formula is C54H72O15. The molecule has 1 heterocycles. The fourth-order valence-electron chi connectivity index (χ4n) is 7.24. The van der Waals surface area contributed by atoms with Crippen LogP contribution < -0.4 is 4.74 Å². The molecule has 3 aromatic carbocycles. The zero-order chi connectivity index (χ0) is 49.9. The average molecular weight is 961 g/mol. The number of esters is 5. The van der Waals surface area contributed by atoms with Gasteiger partial charge >= 0.3 is 29.8 Å². The van der Waals surface area contributed by atoms with Crippen molar-refractivity contribution in [1.82, 2.24) is 0 Å². The standard InChI is InChI=1S/C54H72O15/c1-7-9-10-11-12-13-14-41-15-17-42(18-16-41)19-20-43-21-23-44(24-22-43)45-25-26-47(46(31-45)32-62-33-53(8-2)34-63-35-53)66-36-54(37-67-48(55)40(3)4,38-68-51(58)49(56)64-29-27-60-5)39-69-52(59)50(57)65-30-28-61-6/h15-18,21-26,31H,3,7-14,19-20,27-30,32-39H2,1-2,4-6H3. The second-order valence-corrected chi connectivity index (χ2v) is 17.7. The lowest BCUT2D eigenvalue weighted by Crippen LogP contribution is -2.45. The van der Waals surface area contributed by atoms with Crippen LogP contribution in [0.2, 0.25) is 0 Å². The van der Waals surface area contributed by atoms with E-state index < -0.39 is 61.7 Å². The first-order chi connectivity index (χ1) is 33.3. The summed E-state index contributed by atoms with van der Waals surface area (Å²) in [5.41, 5.74) is 4.68.